The first-order chi connectivity index (χ1) is 16.6. The second kappa shape index (κ2) is 10.1. The van der Waals surface area contributed by atoms with Gasteiger partial charge in [0, 0.05) is 23.2 Å². The zero-order chi connectivity index (χ0) is 23.5. The summed E-state index contributed by atoms with van der Waals surface area (Å²) in [6.45, 7) is 5.09. The van der Waals surface area contributed by atoms with E-state index in [9.17, 15) is 4.79 Å². The van der Waals surface area contributed by atoms with E-state index >= 15 is 0 Å². The molecule has 0 spiro atoms. The average Bonchev–Trinajstić information content (AvgIpc) is 3.20. The van der Waals surface area contributed by atoms with Gasteiger partial charge in [-0.3, -0.25) is 14.3 Å². The maximum absolute atomic E-state index is 13.0. The monoisotopic (exact) mass is 516 g/mol. The molecule has 3 aromatic carbocycles. The molecule has 2 heterocycles. The Balaban J connectivity index is 1.32. The number of fused-ring (bicyclic) bond motifs is 1. The zero-order valence-corrected chi connectivity index (χ0v) is 21.0. The van der Waals surface area contributed by atoms with E-state index < -0.39 is 0 Å². The van der Waals surface area contributed by atoms with E-state index in [0.29, 0.717) is 13.1 Å². The molecule has 5 rings (SSSR count). The number of amides is 1. The van der Waals surface area contributed by atoms with Crippen molar-refractivity contribution in [3.05, 3.63) is 94.2 Å². The Kier molecular flexibility index (Phi) is 6.79. The van der Waals surface area contributed by atoms with Gasteiger partial charge in [-0.05, 0) is 62.2 Å². The number of benzene rings is 3. The third-order valence-corrected chi connectivity index (χ3v) is 6.98. The molecule has 1 aliphatic rings. The largest absolute Gasteiger partial charge is 0.352 e. The van der Waals surface area contributed by atoms with E-state index in [2.05, 4.69) is 86.2 Å². The molecule has 1 atom stereocenters. The van der Waals surface area contributed by atoms with Crippen molar-refractivity contribution in [1.82, 2.24) is 19.8 Å². The van der Waals surface area contributed by atoms with Crippen LogP contribution in [0, 0.1) is 12.8 Å². The van der Waals surface area contributed by atoms with E-state index in [1.165, 1.54) is 5.56 Å². The Morgan fingerprint density at radius 1 is 1.09 bits per heavy atom. The maximum atomic E-state index is 13.0. The van der Waals surface area contributed by atoms with Crippen LogP contribution in [0.25, 0.3) is 16.7 Å². The number of carbonyl (C=O) groups excluding carboxylic acids is 1. The lowest BCUT2D eigenvalue weighted by atomic mass is 9.97. The third-order valence-electron chi connectivity index (χ3n) is 6.49. The summed E-state index contributed by atoms with van der Waals surface area (Å²) >= 11 is 3.61. The van der Waals surface area contributed by atoms with Crippen LogP contribution in [0.1, 0.15) is 29.8 Å². The number of aryl methyl sites for hydroxylation is 1. The number of halogens is 1. The molecule has 0 bridgehead atoms. The van der Waals surface area contributed by atoms with Gasteiger partial charge in [0.15, 0.2) is 0 Å². The SMILES string of the molecule is Cc1cccc(CNC(=O)[C@H]2CCCN(Cc3nc4ccccc4n3-c3cccc(Br)c3)C2)c1. The predicted octanol–water partition coefficient (Wildman–Crippen LogP) is 5.62. The third kappa shape index (κ3) is 5.08. The first-order valence-electron chi connectivity index (χ1n) is 11.8. The second-order valence-electron chi connectivity index (χ2n) is 9.11. The molecular weight excluding hydrogens is 488 g/mol. The highest BCUT2D eigenvalue weighted by molar-refractivity contribution is 9.10. The number of likely N-dealkylation sites (tertiary alicyclic amines) is 1. The van der Waals surface area contributed by atoms with Gasteiger partial charge in [0.25, 0.3) is 0 Å². The van der Waals surface area contributed by atoms with Gasteiger partial charge in [0.05, 0.1) is 23.5 Å². The van der Waals surface area contributed by atoms with Gasteiger partial charge in [-0.15, -0.1) is 0 Å². The fraction of sp³-hybridized carbons (Fsp3) is 0.286. The first-order valence-corrected chi connectivity index (χ1v) is 12.6. The smallest absolute Gasteiger partial charge is 0.224 e. The Morgan fingerprint density at radius 2 is 1.94 bits per heavy atom. The van der Waals surface area contributed by atoms with Crippen LogP contribution >= 0.6 is 15.9 Å². The Hall–Kier alpha value is -2.96. The van der Waals surface area contributed by atoms with Crippen molar-refractivity contribution in [2.24, 2.45) is 5.92 Å². The Morgan fingerprint density at radius 3 is 2.79 bits per heavy atom. The molecular formula is C28H29BrN4O. The molecule has 0 radical (unpaired) electrons. The van der Waals surface area contributed by atoms with Crippen molar-refractivity contribution >= 4 is 32.9 Å². The predicted molar refractivity (Wildman–Crippen MR) is 140 cm³/mol. The van der Waals surface area contributed by atoms with Gasteiger partial charge >= 0.3 is 0 Å². The molecule has 1 fully saturated rings. The summed E-state index contributed by atoms with van der Waals surface area (Å²) in [5, 5.41) is 3.15. The lowest BCUT2D eigenvalue weighted by Crippen LogP contribution is -2.42. The molecule has 1 aromatic heterocycles. The number of carbonyl (C=O) groups is 1. The summed E-state index contributed by atoms with van der Waals surface area (Å²) in [5.41, 5.74) is 5.53. The number of para-hydroxylation sites is 2. The summed E-state index contributed by atoms with van der Waals surface area (Å²) in [6, 6.07) is 24.9. The van der Waals surface area contributed by atoms with E-state index in [1.54, 1.807) is 0 Å². The highest BCUT2D eigenvalue weighted by atomic mass is 79.9. The van der Waals surface area contributed by atoms with Crippen molar-refractivity contribution in [3.8, 4) is 5.69 Å². The fourth-order valence-electron chi connectivity index (χ4n) is 4.85. The minimum atomic E-state index is 0.00209. The normalized spacial score (nSPS) is 16.6. The number of imidazole rings is 1. The van der Waals surface area contributed by atoms with Crippen LogP contribution in [0.4, 0.5) is 0 Å². The molecule has 1 N–H and O–H groups in total. The van der Waals surface area contributed by atoms with E-state index in [-0.39, 0.29) is 11.8 Å². The van der Waals surface area contributed by atoms with Crippen LogP contribution in [0.2, 0.25) is 0 Å². The molecule has 1 amide bonds. The zero-order valence-electron chi connectivity index (χ0n) is 19.4. The van der Waals surface area contributed by atoms with Crippen LogP contribution in [0.15, 0.2) is 77.3 Å². The van der Waals surface area contributed by atoms with Crippen LogP contribution < -0.4 is 5.32 Å². The minimum Gasteiger partial charge on any atom is -0.352 e. The van der Waals surface area contributed by atoms with Crippen LogP contribution in [0.3, 0.4) is 0 Å². The van der Waals surface area contributed by atoms with Crippen LogP contribution in [0.5, 0.6) is 0 Å². The highest BCUT2D eigenvalue weighted by Gasteiger charge is 2.27. The molecule has 34 heavy (non-hydrogen) atoms. The average molecular weight is 517 g/mol. The summed E-state index contributed by atoms with van der Waals surface area (Å²) in [5.74, 6) is 1.15. The van der Waals surface area contributed by atoms with Crippen LogP contribution in [-0.4, -0.2) is 33.4 Å². The standard InChI is InChI=1S/C28H29BrN4O/c1-20-7-4-8-21(15-20)17-30-28(34)22-9-6-14-32(18-22)19-27-31-25-12-2-3-13-26(25)33(27)24-11-5-10-23(29)16-24/h2-5,7-8,10-13,15-16,22H,6,9,14,17-19H2,1H3,(H,30,34)/t22-/m0/s1. The highest BCUT2D eigenvalue weighted by Crippen LogP contribution is 2.26. The molecule has 4 aromatic rings. The number of rotatable bonds is 6. The Bertz CT molecular complexity index is 1310. The lowest BCUT2D eigenvalue weighted by Gasteiger charge is -2.31. The molecule has 0 saturated carbocycles. The first kappa shape index (κ1) is 22.8. The van der Waals surface area contributed by atoms with Crippen LogP contribution in [-0.2, 0) is 17.9 Å². The number of hydrogen-bond donors (Lipinski definition) is 1. The quantitative estimate of drug-likeness (QED) is 0.361. The number of piperidine rings is 1. The molecule has 6 heteroatoms. The van der Waals surface area contributed by atoms with Gasteiger partial charge < -0.3 is 5.32 Å². The maximum Gasteiger partial charge on any atom is 0.224 e. The number of nitrogens with one attached hydrogen (secondary N) is 1. The number of aromatic nitrogens is 2. The Labute approximate surface area is 208 Å². The summed E-state index contributed by atoms with van der Waals surface area (Å²) in [7, 11) is 0. The van der Waals surface area contributed by atoms with E-state index in [4.69, 9.17) is 4.98 Å². The topological polar surface area (TPSA) is 50.2 Å². The summed E-state index contributed by atoms with van der Waals surface area (Å²) in [4.78, 5) is 20.3. The van der Waals surface area contributed by atoms with Crippen molar-refractivity contribution in [3.63, 3.8) is 0 Å². The van der Waals surface area contributed by atoms with Crippen molar-refractivity contribution in [2.75, 3.05) is 13.1 Å². The van der Waals surface area contributed by atoms with Gasteiger partial charge in [-0.2, -0.15) is 0 Å². The van der Waals surface area contributed by atoms with Crippen molar-refractivity contribution in [1.29, 1.82) is 0 Å². The van der Waals surface area contributed by atoms with Gasteiger partial charge in [-0.1, -0.05) is 64.0 Å². The molecule has 174 valence electrons. The number of nitrogens with zero attached hydrogens (tertiary/aromatic N) is 3. The number of hydrogen-bond acceptors (Lipinski definition) is 3. The molecule has 1 saturated heterocycles. The minimum absolute atomic E-state index is 0.00209. The van der Waals surface area contributed by atoms with Crippen molar-refractivity contribution in [2.45, 2.75) is 32.9 Å². The summed E-state index contributed by atoms with van der Waals surface area (Å²) < 4.78 is 3.28. The van der Waals surface area contributed by atoms with Crippen molar-refractivity contribution < 1.29 is 4.79 Å². The van der Waals surface area contributed by atoms with Gasteiger partial charge in [0.1, 0.15) is 5.82 Å². The second-order valence-corrected chi connectivity index (χ2v) is 10.0. The van der Waals surface area contributed by atoms with Gasteiger partial charge in [-0.25, -0.2) is 4.98 Å². The molecule has 5 nitrogen and oxygen atoms in total. The van der Waals surface area contributed by atoms with E-state index in [1.807, 2.05) is 24.3 Å². The summed E-state index contributed by atoms with van der Waals surface area (Å²) in [6.07, 6.45) is 1.94. The molecule has 0 aliphatic carbocycles. The molecule has 0 unspecified atom stereocenters. The van der Waals surface area contributed by atoms with E-state index in [0.717, 1.165) is 58.5 Å². The van der Waals surface area contributed by atoms with Gasteiger partial charge in [0.2, 0.25) is 5.91 Å². The lowest BCUT2D eigenvalue weighted by molar-refractivity contribution is -0.127. The molecule has 1 aliphatic heterocycles. The fourth-order valence-corrected chi connectivity index (χ4v) is 5.24.